The Morgan fingerprint density at radius 1 is 0.225 bits per heavy atom. The summed E-state index contributed by atoms with van der Waals surface area (Å²) < 4.78 is 24.1. The Kier molecular flexibility index (Phi) is 7.40. The van der Waals surface area contributed by atoms with Crippen LogP contribution < -0.4 is 18.9 Å². The molecule has 0 amide bonds. The predicted molar refractivity (Wildman–Crippen MR) is 158 cm³/mol. The second-order valence-electron chi connectivity index (χ2n) is 9.04. The molecule has 0 atom stereocenters. The summed E-state index contributed by atoms with van der Waals surface area (Å²) >= 11 is 0. The predicted octanol–water partition coefficient (Wildman–Crippen LogP) is 10.5. The van der Waals surface area contributed by atoms with Crippen molar-refractivity contribution in [3.8, 4) is 57.1 Å². The van der Waals surface area contributed by atoms with Crippen LogP contribution in [0.3, 0.4) is 0 Å². The van der Waals surface area contributed by atoms with Crippen LogP contribution in [0.1, 0.15) is 0 Å². The summed E-state index contributed by atoms with van der Waals surface area (Å²) in [5, 5.41) is 0. The van der Waals surface area contributed by atoms with Crippen molar-refractivity contribution >= 4 is 0 Å². The fourth-order valence-corrected chi connectivity index (χ4v) is 4.18. The lowest BCUT2D eigenvalue weighted by Crippen LogP contribution is -1.88. The number of hydrogen-bond donors (Lipinski definition) is 0. The molecule has 0 aliphatic rings. The Balaban J connectivity index is 1.12. The third kappa shape index (κ3) is 6.50. The van der Waals surface area contributed by atoms with Gasteiger partial charge in [-0.25, -0.2) is 0 Å². The Bertz CT molecular complexity index is 1680. The van der Waals surface area contributed by atoms with Gasteiger partial charge in [-0.2, -0.15) is 0 Å². The van der Waals surface area contributed by atoms with E-state index in [0.717, 1.165) is 34.1 Å². The van der Waals surface area contributed by atoms with E-state index in [1.807, 2.05) is 152 Å². The molecule has 4 nitrogen and oxygen atoms in total. The molecule has 40 heavy (non-hydrogen) atoms. The van der Waals surface area contributed by atoms with Crippen molar-refractivity contribution in [1.29, 1.82) is 0 Å². The van der Waals surface area contributed by atoms with E-state index >= 15 is 0 Å². The van der Waals surface area contributed by atoms with Gasteiger partial charge in [0, 0.05) is 12.1 Å². The van der Waals surface area contributed by atoms with Crippen LogP contribution in [0.25, 0.3) is 11.1 Å². The highest BCUT2D eigenvalue weighted by molar-refractivity contribution is 5.66. The van der Waals surface area contributed by atoms with Gasteiger partial charge in [-0.05, 0) is 83.9 Å². The van der Waals surface area contributed by atoms with E-state index in [4.69, 9.17) is 18.9 Å². The van der Waals surface area contributed by atoms with Crippen LogP contribution in [0.4, 0.5) is 0 Å². The number of benzene rings is 6. The van der Waals surface area contributed by atoms with Gasteiger partial charge in [0.25, 0.3) is 0 Å². The molecule has 0 fully saturated rings. The summed E-state index contributed by atoms with van der Waals surface area (Å²) in [5.74, 6) is 5.88. The van der Waals surface area contributed by atoms with Crippen molar-refractivity contribution < 1.29 is 18.9 Å². The van der Waals surface area contributed by atoms with Gasteiger partial charge in [0.2, 0.25) is 0 Å². The van der Waals surface area contributed by atoms with Gasteiger partial charge >= 0.3 is 0 Å². The second-order valence-corrected chi connectivity index (χ2v) is 9.04. The average Bonchev–Trinajstić information content (AvgIpc) is 2.99. The molecule has 0 spiro atoms. The highest BCUT2D eigenvalue weighted by Crippen LogP contribution is 2.33. The normalized spacial score (nSPS) is 10.5. The topological polar surface area (TPSA) is 36.9 Å². The first-order valence-corrected chi connectivity index (χ1v) is 13.0. The lowest BCUT2D eigenvalue weighted by atomic mass is 10.1. The summed E-state index contributed by atoms with van der Waals surface area (Å²) in [6, 6.07) is 50.6. The van der Waals surface area contributed by atoms with Crippen LogP contribution in [0.2, 0.25) is 0 Å². The van der Waals surface area contributed by atoms with Crippen molar-refractivity contribution in [1.82, 2.24) is 0 Å². The largest absolute Gasteiger partial charge is 0.457 e. The summed E-state index contributed by atoms with van der Waals surface area (Å²) in [5.41, 5.74) is 2.10. The minimum absolute atomic E-state index is 0.702. The quantitative estimate of drug-likeness (QED) is 0.189. The third-order valence-electron chi connectivity index (χ3n) is 6.06. The monoisotopic (exact) mass is 522 g/mol. The first kappa shape index (κ1) is 24.8. The second kappa shape index (κ2) is 11.9. The molecule has 0 unspecified atom stereocenters. The highest BCUT2D eigenvalue weighted by atomic mass is 16.5. The maximum atomic E-state index is 6.16. The molecule has 0 N–H and O–H groups in total. The Labute approximate surface area is 233 Å². The number of hydrogen-bond acceptors (Lipinski definition) is 4. The van der Waals surface area contributed by atoms with Crippen molar-refractivity contribution in [2.45, 2.75) is 0 Å². The van der Waals surface area contributed by atoms with Crippen LogP contribution in [0, 0.1) is 0 Å². The van der Waals surface area contributed by atoms with E-state index in [2.05, 4.69) is 6.07 Å². The van der Waals surface area contributed by atoms with Crippen molar-refractivity contribution in [3.63, 3.8) is 0 Å². The van der Waals surface area contributed by atoms with E-state index in [0.29, 0.717) is 23.0 Å². The molecule has 6 aromatic rings. The van der Waals surface area contributed by atoms with Crippen LogP contribution in [-0.4, -0.2) is 0 Å². The van der Waals surface area contributed by atoms with E-state index < -0.39 is 0 Å². The molecule has 0 aliphatic carbocycles. The van der Waals surface area contributed by atoms with Crippen LogP contribution in [-0.2, 0) is 0 Å². The summed E-state index contributed by atoms with van der Waals surface area (Å²) in [7, 11) is 0. The Morgan fingerprint density at radius 3 is 1.05 bits per heavy atom. The van der Waals surface area contributed by atoms with Gasteiger partial charge in [0.15, 0.2) is 0 Å². The SMILES string of the molecule is c1ccc(Oc2cccc(Oc3ccc(-c4cccc(Oc5cccc(Oc6ccccc6)c5)c4)cc3)c2)cc1. The maximum absolute atomic E-state index is 6.16. The zero-order valence-electron chi connectivity index (χ0n) is 21.6. The smallest absolute Gasteiger partial charge is 0.131 e. The lowest BCUT2D eigenvalue weighted by molar-refractivity contribution is 0.460. The highest BCUT2D eigenvalue weighted by Gasteiger charge is 2.06. The van der Waals surface area contributed by atoms with Gasteiger partial charge in [-0.3, -0.25) is 0 Å². The lowest BCUT2D eigenvalue weighted by Gasteiger charge is -2.11. The molecule has 0 aromatic heterocycles. The molecule has 0 bridgehead atoms. The van der Waals surface area contributed by atoms with Crippen molar-refractivity contribution in [2.75, 3.05) is 0 Å². The zero-order chi connectivity index (χ0) is 27.0. The molecule has 0 saturated heterocycles. The van der Waals surface area contributed by atoms with Crippen molar-refractivity contribution in [2.24, 2.45) is 0 Å². The molecule has 0 saturated carbocycles. The van der Waals surface area contributed by atoms with Crippen LogP contribution in [0.5, 0.6) is 46.0 Å². The Hall–Kier alpha value is -5.48. The van der Waals surface area contributed by atoms with Gasteiger partial charge in [0.05, 0.1) is 0 Å². The third-order valence-corrected chi connectivity index (χ3v) is 6.06. The first-order chi connectivity index (χ1) is 19.8. The molecule has 4 heteroatoms. The van der Waals surface area contributed by atoms with Gasteiger partial charge in [0.1, 0.15) is 46.0 Å². The van der Waals surface area contributed by atoms with Crippen LogP contribution in [0.15, 0.2) is 158 Å². The van der Waals surface area contributed by atoms with E-state index in [1.54, 1.807) is 0 Å². The molecule has 6 aromatic carbocycles. The zero-order valence-corrected chi connectivity index (χ0v) is 21.6. The standard InChI is InChI=1S/C36H26O4/c1-3-11-29(12-4-1)37-33-16-8-18-35(25-33)39-31-22-20-27(21-23-31)28-10-7-15-32(24-28)40-36-19-9-17-34(26-36)38-30-13-5-2-6-14-30/h1-26H. The van der Waals surface area contributed by atoms with Crippen LogP contribution >= 0.6 is 0 Å². The molecule has 0 radical (unpaired) electrons. The van der Waals surface area contributed by atoms with E-state index in [9.17, 15) is 0 Å². The fraction of sp³-hybridized carbons (Fsp3) is 0. The number of rotatable bonds is 9. The minimum atomic E-state index is 0.702. The summed E-state index contributed by atoms with van der Waals surface area (Å²) in [4.78, 5) is 0. The molecule has 194 valence electrons. The minimum Gasteiger partial charge on any atom is -0.457 e. The maximum Gasteiger partial charge on any atom is 0.131 e. The van der Waals surface area contributed by atoms with E-state index in [1.165, 1.54) is 0 Å². The molecular weight excluding hydrogens is 496 g/mol. The summed E-state index contributed by atoms with van der Waals surface area (Å²) in [6.45, 7) is 0. The molecule has 6 rings (SSSR count). The van der Waals surface area contributed by atoms with E-state index in [-0.39, 0.29) is 0 Å². The fourth-order valence-electron chi connectivity index (χ4n) is 4.18. The van der Waals surface area contributed by atoms with Crippen molar-refractivity contribution in [3.05, 3.63) is 158 Å². The molecular formula is C36H26O4. The number of para-hydroxylation sites is 2. The Morgan fingerprint density at radius 2 is 0.575 bits per heavy atom. The van der Waals surface area contributed by atoms with Gasteiger partial charge in [-0.1, -0.05) is 72.8 Å². The molecule has 0 heterocycles. The van der Waals surface area contributed by atoms with Gasteiger partial charge < -0.3 is 18.9 Å². The molecule has 0 aliphatic heterocycles. The average molecular weight is 523 g/mol. The van der Waals surface area contributed by atoms with Gasteiger partial charge in [-0.15, -0.1) is 0 Å². The first-order valence-electron chi connectivity index (χ1n) is 13.0. The number of ether oxygens (including phenoxy) is 4. The summed E-state index contributed by atoms with van der Waals surface area (Å²) in [6.07, 6.45) is 0.